The van der Waals surface area contributed by atoms with Crippen LogP contribution in [0.4, 0.5) is 9.93 Å². The number of hydrogen-bond donors (Lipinski definition) is 2. The van der Waals surface area contributed by atoms with Crippen LogP contribution < -0.4 is 10.6 Å². The van der Waals surface area contributed by atoms with Gasteiger partial charge in [0.25, 0.3) is 0 Å². The number of amides is 2. The number of aryl methyl sites for hydroxylation is 1. The van der Waals surface area contributed by atoms with E-state index in [9.17, 15) is 4.79 Å². The molecule has 1 aliphatic heterocycles. The second-order valence-corrected chi connectivity index (χ2v) is 4.87. The molecule has 88 valence electrons. The molecule has 0 radical (unpaired) electrons. The molecule has 1 atom stereocenters. The van der Waals surface area contributed by atoms with Gasteiger partial charge in [0.15, 0.2) is 0 Å². The predicted molar refractivity (Wildman–Crippen MR) is 60.6 cm³/mol. The van der Waals surface area contributed by atoms with Gasteiger partial charge in [-0.25, -0.2) is 4.79 Å². The van der Waals surface area contributed by atoms with Crippen molar-refractivity contribution in [2.75, 3.05) is 25.1 Å². The first-order chi connectivity index (χ1) is 7.74. The molecule has 0 saturated carbocycles. The zero-order valence-corrected chi connectivity index (χ0v) is 9.84. The first-order valence-electron chi connectivity index (χ1n) is 5.17. The summed E-state index contributed by atoms with van der Waals surface area (Å²) < 4.78 is 5.22. The predicted octanol–water partition coefficient (Wildman–Crippen LogP) is 1.00. The molecule has 2 rings (SSSR count). The molecule has 2 heterocycles. The Labute approximate surface area is 97.4 Å². The minimum atomic E-state index is -0.233. The second-order valence-electron chi connectivity index (χ2n) is 3.69. The van der Waals surface area contributed by atoms with Gasteiger partial charge >= 0.3 is 6.03 Å². The maximum Gasteiger partial charge on any atom is 0.321 e. The normalized spacial score (nSPS) is 19.7. The molecule has 0 unspecified atom stereocenters. The molecule has 0 aromatic carbocycles. The van der Waals surface area contributed by atoms with E-state index in [1.54, 1.807) is 0 Å². The Bertz CT molecular complexity index is 362. The summed E-state index contributed by atoms with van der Waals surface area (Å²) in [5.74, 6) is 0.432. The second kappa shape index (κ2) is 5.22. The Kier molecular flexibility index (Phi) is 3.68. The van der Waals surface area contributed by atoms with Gasteiger partial charge in [0, 0.05) is 19.1 Å². The van der Waals surface area contributed by atoms with Crippen LogP contribution >= 0.6 is 11.3 Å². The number of anilines is 1. The number of rotatable bonds is 3. The van der Waals surface area contributed by atoms with Crippen LogP contribution in [0.15, 0.2) is 0 Å². The monoisotopic (exact) mass is 242 g/mol. The minimum absolute atomic E-state index is 0.233. The number of nitrogens with one attached hydrogen (secondary N) is 2. The van der Waals surface area contributed by atoms with E-state index in [1.807, 2.05) is 6.92 Å². The topological polar surface area (TPSA) is 76.1 Å². The molecule has 1 aliphatic rings. The van der Waals surface area contributed by atoms with Crippen LogP contribution in [0.2, 0.25) is 0 Å². The van der Waals surface area contributed by atoms with E-state index >= 15 is 0 Å². The SMILES string of the molecule is Cc1nnc(NC(=O)NC[C@@H]2CCOC2)s1. The molecule has 0 spiro atoms. The number of hydrogen-bond acceptors (Lipinski definition) is 5. The summed E-state index contributed by atoms with van der Waals surface area (Å²) >= 11 is 1.36. The minimum Gasteiger partial charge on any atom is -0.381 e. The van der Waals surface area contributed by atoms with E-state index < -0.39 is 0 Å². The van der Waals surface area contributed by atoms with Crippen molar-refractivity contribution in [2.45, 2.75) is 13.3 Å². The number of carbonyl (C=O) groups excluding carboxylic acids is 1. The molecule has 16 heavy (non-hydrogen) atoms. The highest BCUT2D eigenvalue weighted by molar-refractivity contribution is 7.15. The quantitative estimate of drug-likeness (QED) is 0.829. The molecule has 0 aliphatic carbocycles. The van der Waals surface area contributed by atoms with E-state index in [2.05, 4.69) is 20.8 Å². The number of aromatic nitrogens is 2. The molecule has 7 heteroatoms. The first-order valence-corrected chi connectivity index (χ1v) is 5.98. The van der Waals surface area contributed by atoms with Crippen LogP contribution in [0.1, 0.15) is 11.4 Å². The molecule has 1 fully saturated rings. The van der Waals surface area contributed by atoms with Crippen molar-refractivity contribution in [3.63, 3.8) is 0 Å². The van der Waals surface area contributed by atoms with Gasteiger partial charge in [-0.3, -0.25) is 5.32 Å². The highest BCUT2D eigenvalue weighted by atomic mass is 32.1. The average Bonchev–Trinajstić information content (AvgIpc) is 2.87. The first kappa shape index (κ1) is 11.3. The van der Waals surface area contributed by atoms with Crippen LogP contribution in [0.3, 0.4) is 0 Å². The van der Waals surface area contributed by atoms with Crippen LogP contribution in [0.25, 0.3) is 0 Å². The third-order valence-corrected chi connectivity index (χ3v) is 3.08. The van der Waals surface area contributed by atoms with Gasteiger partial charge in [-0.1, -0.05) is 11.3 Å². The van der Waals surface area contributed by atoms with Gasteiger partial charge in [-0.2, -0.15) is 0 Å². The van der Waals surface area contributed by atoms with Gasteiger partial charge < -0.3 is 10.1 Å². The van der Waals surface area contributed by atoms with E-state index in [0.717, 1.165) is 24.6 Å². The average molecular weight is 242 g/mol. The largest absolute Gasteiger partial charge is 0.381 e. The number of urea groups is 1. The summed E-state index contributed by atoms with van der Waals surface area (Å²) in [6.45, 7) is 4.02. The maximum absolute atomic E-state index is 11.5. The van der Waals surface area contributed by atoms with Gasteiger partial charge in [0.2, 0.25) is 5.13 Å². The van der Waals surface area contributed by atoms with Crippen LogP contribution in [-0.2, 0) is 4.74 Å². The van der Waals surface area contributed by atoms with Crippen molar-refractivity contribution in [3.05, 3.63) is 5.01 Å². The number of nitrogens with zero attached hydrogens (tertiary/aromatic N) is 2. The van der Waals surface area contributed by atoms with E-state index in [-0.39, 0.29) is 6.03 Å². The van der Waals surface area contributed by atoms with E-state index in [4.69, 9.17) is 4.74 Å². The third kappa shape index (κ3) is 3.14. The molecule has 2 N–H and O–H groups in total. The van der Waals surface area contributed by atoms with Crippen LogP contribution in [-0.4, -0.2) is 36.0 Å². The molecule has 0 bridgehead atoms. The molecule has 1 aromatic rings. The van der Waals surface area contributed by atoms with Crippen LogP contribution in [0.5, 0.6) is 0 Å². The van der Waals surface area contributed by atoms with Crippen molar-refractivity contribution in [2.24, 2.45) is 5.92 Å². The van der Waals surface area contributed by atoms with E-state index in [1.165, 1.54) is 11.3 Å². The number of carbonyl (C=O) groups is 1. The summed E-state index contributed by atoms with van der Waals surface area (Å²) in [7, 11) is 0. The fraction of sp³-hybridized carbons (Fsp3) is 0.667. The molecule has 2 amide bonds. The van der Waals surface area contributed by atoms with Gasteiger partial charge in [0.1, 0.15) is 5.01 Å². The Hall–Kier alpha value is -1.21. The van der Waals surface area contributed by atoms with Gasteiger partial charge in [-0.05, 0) is 13.3 Å². The lowest BCUT2D eigenvalue weighted by atomic mass is 10.1. The van der Waals surface area contributed by atoms with Crippen molar-refractivity contribution in [3.8, 4) is 0 Å². The zero-order chi connectivity index (χ0) is 11.4. The Morgan fingerprint density at radius 1 is 1.62 bits per heavy atom. The van der Waals surface area contributed by atoms with E-state index in [0.29, 0.717) is 17.6 Å². The summed E-state index contributed by atoms with van der Waals surface area (Å²) in [5, 5.41) is 14.4. The van der Waals surface area contributed by atoms with Crippen molar-refractivity contribution in [1.82, 2.24) is 15.5 Å². The van der Waals surface area contributed by atoms with Crippen LogP contribution in [0, 0.1) is 12.8 Å². The Morgan fingerprint density at radius 3 is 3.12 bits per heavy atom. The maximum atomic E-state index is 11.5. The molecular formula is C9H14N4O2S. The Balaban J connectivity index is 1.71. The summed E-state index contributed by atoms with van der Waals surface area (Å²) in [5.41, 5.74) is 0. The lowest BCUT2D eigenvalue weighted by molar-refractivity contribution is 0.185. The highest BCUT2D eigenvalue weighted by Gasteiger charge is 2.16. The summed E-state index contributed by atoms with van der Waals surface area (Å²) in [4.78, 5) is 11.5. The lowest BCUT2D eigenvalue weighted by Gasteiger charge is -2.08. The van der Waals surface area contributed by atoms with Crippen molar-refractivity contribution in [1.29, 1.82) is 0 Å². The fourth-order valence-corrected chi connectivity index (χ4v) is 2.06. The van der Waals surface area contributed by atoms with Gasteiger partial charge in [0.05, 0.1) is 6.61 Å². The lowest BCUT2D eigenvalue weighted by Crippen LogP contribution is -2.33. The summed E-state index contributed by atoms with van der Waals surface area (Å²) in [6, 6.07) is -0.233. The molecule has 1 aromatic heterocycles. The molecule has 1 saturated heterocycles. The zero-order valence-electron chi connectivity index (χ0n) is 9.02. The van der Waals surface area contributed by atoms with Crippen molar-refractivity contribution >= 4 is 22.5 Å². The fourth-order valence-electron chi connectivity index (χ4n) is 1.47. The van der Waals surface area contributed by atoms with Crippen molar-refractivity contribution < 1.29 is 9.53 Å². The molecule has 6 nitrogen and oxygen atoms in total. The summed E-state index contributed by atoms with van der Waals surface area (Å²) in [6.07, 6.45) is 1.01. The highest BCUT2D eigenvalue weighted by Crippen LogP contribution is 2.13. The molecular weight excluding hydrogens is 228 g/mol. The smallest absolute Gasteiger partial charge is 0.321 e. The van der Waals surface area contributed by atoms with Gasteiger partial charge in [-0.15, -0.1) is 10.2 Å². The number of ether oxygens (including phenoxy) is 1. The Morgan fingerprint density at radius 2 is 2.50 bits per heavy atom. The third-order valence-electron chi connectivity index (χ3n) is 2.32. The standard InChI is InChI=1S/C9H14N4O2S/c1-6-12-13-9(16-6)11-8(14)10-4-7-2-3-15-5-7/h7H,2-5H2,1H3,(H2,10,11,13,14)/t7-/m0/s1.